The quantitative estimate of drug-likeness (QED) is 0.299. The minimum Gasteiger partial charge on any atom is -0.317 e. The minimum absolute atomic E-state index is 0.136. The van der Waals surface area contributed by atoms with E-state index in [1.54, 1.807) is 11.3 Å². The lowest BCUT2D eigenvalue weighted by Gasteiger charge is -2.08. The lowest BCUT2D eigenvalue weighted by molar-refractivity contribution is -0.137. The molecule has 1 aromatic heterocycles. The molecular formula is C25H30F3NO3S2. The fourth-order valence-corrected chi connectivity index (χ4v) is 5.46. The zero-order valence-corrected chi connectivity index (χ0v) is 21.0. The second-order valence-electron chi connectivity index (χ2n) is 8.38. The van der Waals surface area contributed by atoms with Crippen LogP contribution >= 0.6 is 11.3 Å². The molecule has 0 aliphatic carbocycles. The van der Waals surface area contributed by atoms with Gasteiger partial charge in [-0.15, -0.1) is 11.3 Å². The number of nitrogens with one attached hydrogen (secondary N) is 1. The van der Waals surface area contributed by atoms with E-state index in [0.29, 0.717) is 12.8 Å². The third-order valence-electron chi connectivity index (χ3n) is 5.55. The van der Waals surface area contributed by atoms with Crippen LogP contribution in [-0.4, -0.2) is 34.4 Å². The van der Waals surface area contributed by atoms with E-state index in [2.05, 4.69) is 5.32 Å². The van der Waals surface area contributed by atoms with Gasteiger partial charge < -0.3 is 5.32 Å². The van der Waals surface area contributed by atoms with Crippen molar-refractivity contribution in [3.05, 3.63) is 58.5 Å². The van der Waals surface area contributed by atoms with Gasteiger partial charge in [0, 0.05) is 20.5 Å². The minimum atomic E-state index is -4.35. The van der Waals surface area contributed by atoms with E-state index >= 15 is 0 Å². The van der Waals surface area contributed by atoms with E-state index in [1.165, 1.54) is 44.5 Å². The number of alkyl halides is 3. The number of halogens is 3. The van der Waals surface area contributed by atoms with Crippen LogP contribution in [0.3, 0.4) is 0 Å². The van der Waals surface area contributed by atoms with E-state index in [0.717, 1.165) is 50.0 Å². The van der Waals surface area contributed by atoms with Gasteiger partial charge in [-0.25, -0.2) is 0 Å². The third-order valence-corrected chi connectivity index (χ3v) is 7.21. The van der Waals surface area contributed by atoms with Crippen LogP contribution in [-0.2, 0) is 26.9 Å². The highest BCUT2D eigenvalue weighted by Crippen LogP contribution is 2.40. The van der Waals surface area contributed by atoms with Crippen LogP contribution in [0, 0.1) is 6.92 Å². The number of fused-ring (bicyclic) bond motifs is 1. The molecule has 1 fully saturated rings. The van der Waals surface area contributed by atoms with Crippen molar-refractivity contribution in [1.29, 1.82) is 0 Å². The predicted molar refractivity (Wildman–Crippen MR) is 133 cm³/mol. The van der Waals surface area contributed by atoms with Crippen molar-refractivity contribution >= 4 is 31.5 Å². The monoisotopic (exact) mass is 513 g/mol. The molecule has 0 amide bonds. The topological polar surface area (TPSA) is 55.4 Å². The Kier molecular flexibility index (Phi) is 9.14. The van der Waals surface area contributed by atoms with Crippen LogP contribution in [0.25, 0.3) is 21.2 Å². The molecule has 3 aromatic rings. The molecule has 1 saturated heterocycles. The Labute approximate surface area is 203 Å². The largest absolute Gasteiger partial charge is 0.416 e. The van der Waals surface area contributed by atoms with Crippen LogP contribution in [0.5, 0.6) is 0 Å². The average Bonchev–Trinajstić information content (AvgIpc) is 3.12. The maximum atomic E-state index is 12.8. The van der Waals surface area contributed by atoms with Crippen molar-refractivity contribution in [2.24, 2.45) is 0 Å². The SMILES string of the molecule is C1CCNCC1.Cc1sc2cc(CCCOS(C)(=O)=O)ccc2c1-c1ccc(C(F)(F)F)cc1. The summed E-state index contributed by atoms with van der Waals surface area (Å²) < 4.78 is 66.1. The van der Waals surface area contributed by atoms with Gasteiger partial charge in [-0.05, 0) is 75.0 Å². The molecule has 0 bridgehead atoms. The normalized spacial score (nSPS) is 14.6. The van der Waals surface area contributed by atoms with Crippen molar-refractivity contribution in [3.63, 3.8) is 0 Å². The Morgan fingerprint density at radius 2 is 1.71 bits per heavy atom. The van der Waals surface area contributed by atoms with E-state index in [1.807, 2.05) is 25.1 Å². The number of benzene rings is 2. The molecule has 4 rings (SSSR count). The summed E-state index contributed by atoms with van der Waals surface area (Å²) in [5.74, 6) is 0. The summed E-state index contributed by atoms with van der Waals surface area (Å²) in [6.07, 6.45) is 2.15. The molecule has 1 N–H and O–H groups in total. The Bertz CT molecular complexity index is 1170. The first-order chi connectivity index (χ1) is 16.0. The Morgan fingerprint density at radius 1 is 1.03 bits per heavy atom. The van der Waals surface area contributed by atoms with Crippen LogP contribution < -0.4 is 5.32 Å². The van der Waals surface area contributed by atoms with Crippen molar-refractivity contribution in [3.8, 4) is 11.1 Å². The first kappa shape index (κ1) is 26.7. The molecule has 4 nitrogen and oxygen atoms in total. The van der Waals surface area contributed by atoms with Gasteiger partial charge in [0.05, 0.1) is 18.4 Å². The van der Waals surface area contributed by atoms with Gasteiger partial charge in [0.25, 0.3) is 10.1 Å². The molecule has 0 radical (unpaired) electrons. The molecule has 1 aliphatic heterocycles. The Balaban J connectivity index is 0.000000469. The van der Waals surface area contributed by atoms with E-state index in [-0.39, 0.29) is 6.61 Å². The van der Waals surface area contributed by atoms with Crippen LogP contribution in [0.15, 0.2) is 42.5 Å². The number of hydrogen-bond donors (Lipinski definition) is 1. The lowest BCUT2D eigenvalue weighted by Crippen LogP contribution is -2.21. The number of hydrogen-bond acceptors (Lipinski definition) is 5. The second kappa shape index (κ2) is 11.7. The first-order valence-electron chi connectivity index (χ1n) is 11.3. The van der Waals surface area contributed by atoms with Crippen molar-refractivity contribution < 1.29 is 25.8 Å². The number of thiophene rings is 1. The summed E-state index contributed by atoms with van der Waals surface area (Å²) in [4.78, 5) is 1.03. The van der Waals surface area contributed by atoms with Gasteiger partial charge >= 0.3 is 6.18 Å². The van der Waals surface area contributed by atoms with Crippen molar-refractivity contribution in [2.75, 3.05) is 26.0 Å². The summed E-state index contributed by atoms with van der Waals surface area (Å²) in [6.45, 7) is 4.59. The summed E-state index contributed by atoms with van der Waals surface area (Å²) in [5, 5.41) is 4.28. The molecule has 0 atom stereocenters. The van der Waals surface area contributed by atoms with E-state index in [9.17, 15) is 21.6 Å². The smallest absolute Gasteiger partial charge is 0.317 e. The molecule has 34 heavy (non-hydrogen) atoms. The van der Waals surface area contributed by atoms with Gasteiger partial charge in [0.1, 0.15) is 0 Å². The van der Waals surface area contributed by atoms with Crippen molar-refractivity contribution in [1.82, 2.24) is 5.32 Å². The highest BCUT2D eigenvalue weighted by Gasteiger charge is 2.30. The molecule has 0 spiro atoms. The standard InChI is InChI=1S/C20H19F3O3S2.C5H11N/c1-13-19(15-6-8-16(9-7-15)20(21,22)23)17-10-5-14(12-18(17)27-13)4-3-11-26-28(2,24)25;1-2-4-6-5-3-1/h5-10,12H,3-4,11H2,1-2H3;6H,1-5H2. The average molecular weight is 514 g/mol. The molecule has 186 valence electrons. The highest BCUT2D eigenvalue weighted by atomic mass is 32.2. The molecular weight excluding hydrogens is 483 g/mol. The van der Waals surface area contributed by atoms with Gasteiger partial charge in [-0.1, -0.05) is 30.7 Å². The van der Waals surface area contributed by atoms with Gasteiger partial charge in [0.2, 0.25) is 0 Å². The molecule has 1 aliphatic rings. The fraction of sp³-hybridized carbons (Fsp3) is 0.440. The maximum absolute atomic E-state index is 12.8. The molecule has 0 saturated carbocycles. The molecule has 0 unspecified atom stereocenters. The zero-order chi connectivity index (χ0) is 24.8. The number of rotatable bonds is 6. The maximum Gasteiger partial charge on any atom is 0.416 e. The number of piperidine rings is 1. The first-order valence-corrected chi connectivity index (χ1v) is 13.9. The van der Waals surface area contributed by atoms with E-state index < -0.39 is 21.9 Å². The Hall–Kier alpha value is -1.94. The summed E-state index contributed by atoms with van der Waals surface area (Å²) in [6, 6.07) is 11.2. The summed E-state index contributed by atoms with van der Waals surface area (Å²) in [7, 11) is -3.43. The van der Waals surface area contributed by atoms with Crippen molar-refractivity contribution in [2.45, 2.75) is 45.2 Å². The van der Waals surface area contributed by atoms with Gasteiger partial charge in [-0.2, -0.15) is 21.6 Å². The molecule has 9 heteroatoms. The number of aryl methyl sites for hydroxylation is 2. The fourth-order valence-electron chi connectivity index (χ4n) is 3.89. The van der Waals surface area contributed by atoms with E-state index in [4.69, 9.17) is 4.18 Å². The third kappa shape index (κ3) is 7.80. The van der Waals surface area contributed by atoms with Gasteiger partial charge in [0.15, 0.2) is 0 Å². The highest BCUT2D eigenvalue weighted by molar-refractivity contribution is 7.85. The zero-order valence-electron chi connectivity index (χ0n) is 19.4. The molecule has 2 aromatic carbocycles. The van der Waals surface area contributed by atoms with Crippen LogP contribution in [0.1, 0.15) is 41.7 Å². The lowest BCUT2D eigenvalue weighted by atomic mass is 9.99. The summed E-state index contributed by atoms with van der Waals surface area (Å²) >= 11 is 1.59. The van der Waals surface area contributed by atoms with Gasteiger partial charge in [-0.3, -0.25) is 4.18 Å². The van der Waals surface area contributed by atoms with Crippen LogP contribution in [0.2, 0.25) is 0 Å². The predicted octanol–water partition coefficient (Wildman–Crippen LogP) is 6.56. The van der Waals surface area contributed by atoms with Crippen LogP contribution in [0.4, 0.5) is 13.2 Å². The molecule has 2 heterocycles. The second-order valence-corrected chi connectivity index (χ2v) is 11.3. The summed E-state index contributed by atoms with van der Waals surface area (Å²) in [5.41, 5.74) is 2.10. The Morgan fingerprint density at radius 3 is 2.24 bits per heavy atom.